The molecule has 1 aromatic carbocycles. The number of rotatable bonds is 4. The fourth-order valence-corrected chi connectivity index (χ4v) is 3.93. The standard InChI is InChI=1S/C20H26N4O2/c1-15-18(16(2)26-21-15)13-22-9-11-23(12-10-22)14-20(25)24-8-7-17-5-3-4-6-19(17)24/h3-6H,7-14H2,1-2H3. The average molecular weight is 354 g/mol. The highest BCUT2D eigenvalue weighted by Gasteiger charge is 2.27. The lowest BCUT2D eigenvalue weighted by Gasteiger charge is -2.35. The Kier molecular flexibility index (Phi) is 4.78. The molecule has 1 aromatic heterocycles. The van der Waals surface area contributed by atoms with Gasteiger partial charge in [-0.1, -0.05) is 23.4 Å². The maximum absolute atomic E-state index is 12.8. The van der Waals surface area contributed by atoms with Gasteiger partial charge in [0.1, 0.15) is 5.76 Å². The molecule has 0 spiro atoms. The van der Waals surface area contributed by atoms with E-state index >= 15 is 0 Å². The third-order valence-corrected chi connectivity index (χ3v) is 5.57. The Bertz CT molecular complexity index is 773. The molecule has 6 nitrogen and oxygen atoms in total. The van der Waals surface area contributed by atoms with Gasteiger partial charge in [0, 0.05) is 50.5 Å². The van der Waals surface area contributed by atoms with Crippen LogP contribution in [0.25, 0.3) is 0 Å². The molecule has 0 radical (unpaired) electrons. The van der Waals surface area contributed by atoms with Gasteiger partial charge in [-0.15, -0.1) is 0 Å². The third-order valence-electron chi connectivity index (χ3n) is 5.57. The molecule has 3 heterocycles. The number of aryl methyl sites for hydroxylation is 2. The fraction of sp³-hybridized carbons (Fsp3) is 0.500. The highest BCUT2D eigenvalue weighted by atomic mass is 16.5. The molecule has 138 valence electrons. The van der Waals surface area contributed by atoms with Crippen LogP contribution in [0.2, 0.25) is 0 Å². The monoisotopic (exact) mass is 354 g/mol. The topological polar surface area (TPSA) is 52.8 Å². The van der Waals surface area contributed by atoms with Crippen LogP contribution in [0.5, 0.6) is 0 Å². The Hall–Kier alpha value is -2.18. The van der Waals surface area contributed by atoms with Crippen LogP contribution in [0.3, 0.4) is 0 Å². The number of fused-ring (bicyclic) bond motifs is 1. The van der Waals surface area contributed by atoms with Gasteiger partial charge >= 0.3 is 0 Å². The summed E-state index contributed by atoms with van der Waals surface area (Å²) >= 11 is 0. The van der Waals surface area contributed by atoms with Crippen molar-refractivity contribution in [2.75, 3.05) is 44.2 Å². The average Bonchev–Trinajstić information content (AvgIpc) is 3.22. The number of carbonyl (C=O) groups excluding carboxylic acids is 1. The SMILES string of the molecule is Cc1noc(C)c1CN1CCN(CC(=O)N2CCc3ccccc32)CC1. The van der Waals surface area contributed by atoms with Gasteiger partial charge < -0.3 is 9.42 Å². The normalized spacial score (nSPS) is 18.3. The predicted octanol–water partition coefficient (Wildman–Crippen LogP) is 2.00. The van der Waals surface area contributed by atoms with Crippen molar-refractivity contribution in [3.8, 4) is 0 Å². The van der Waals surface area contributed by atoms with Gasteiger partial charge in [-0.3, -0.25) is 14.6 Å². The molecule has 1 saturated heterocycles. The van der Waals surface area contributed by atoms with Gasteiger partial charge in [0.15, 0.2) is 0 Å². The molecule has 2 aliphatic rings. The summed E-state index contributed by atoms with van der Waals surface area (Å²) in [4.78, 5) is 19.4. The fourth-order valence-electron chi connectivity index (χ4n) is 3.93. The van der Waals surface area contributed by atoms with Crippen LogP contribution >= 0.6 is 0 Å². The van der Waals surface area contributed by atoms with Crippen molar-refractivity contribution in [3.05, 3.63) is 46.8 Å². The third kappa shape index (κ3) is 3.39. The van der Waals surface area contributed by atoms with E-state index < -0.39 is 0 Å². The minimum atomic E-state index is 0.217. The molecule has 2 aromatic rings. The molecule has 0 bridgehead atoms. The second kappa shape index (κ2) is 7.21. The Morgan fingerprint density at radius 1 is 1.08 bits per heavy atom. The first-order valence-electron chi connectivity index (χ1n) is 9.36. The first-order valence-corrected chi connectivity index (χ1v) is 9.36. The molecule has 0 N–H and O–H groups in total. The van der Waals surface area contributed by atoms with E-state index in [0.29, 0.717) is 6.54 Å². The molecule has 0 unspecified atom stereocenters. The van der Waals surface area contributed by atoms with Crippen molar-refractivity contribution >= 4 is 11.6 Å². The van der Waals surface area contributed by atoms with Gasteiger partial charge in [0.05, 0.1) is 12.2 Å². The van der Waals surface area contributed by atoms with Crippen molar-refractivity contribution in [3.63, 3.8) is 0 Å². The van der Waals surface area contributed by atoms with Crippen molar-refractivity contribution in [1.29, 1.82) is 0 Å². The summed E-state index contributed by atoms with van der Waals surface area (Å²) in [5, 5.41) is 4.04. The molecule has 2 aliphatic heterocycles. The maximum atomic E-state index is 12.8. The molecule has 4 rings (SSSR count). The minimum absolute atomic E-state index is 0.217. The van der Waals surface area contributed by atoms with E-state index in [-0.39, 0.29) is 5.91 Å². The zero-order valence-corrected chi connectivity index (χ0v) is 15.6. The molecule has 26 heavy (non-hydrogen) atoms. The summed E-state index contributed by atoms with van der Waals surface area (Å²) in [6.07, 6.45) is 0.965. The molecular weight excluding hydrogens is 328 g/mol. The Labute approximate surface area is 154 Å². The summed E-state index contributed by atoms with van der Waals surface area (Å²) in [6, 6.07) is 8.24. The van der Waals surface area contributed by atoms with E-state index in [0.717, 1.165) is 62.8 Å². The Morgan fingerprint density at radius 2 is 1.81 bits per heavy atom. The molecule has 0 saturated carbocycles. The van der Waals surface area contributed by atoms with Crippen molar-refractivity contribution in [2.24, 2.45) is 0 Å². The number of nitrogens with zero attached hydrogens (tertiary/aromatic N) is 4. The number of hydrogen-bond donors (Lipinski definition) is 0. The molecule has 0 atom stereocenters. The predicted molar refractivity (Wildman–Crippen MR) is 100 cm³/mol. The molecule has 0 aliphatic carbocycles. The number of amides is 1. The van der Waals surface area contributed by atoms with Crippen LogP contribution in [-0.4, -0.2) is 60.1 Å². The Morgan fingerprint density at radius 3 is 2.54 bits per heavy atom. The van der Waals surface area contributed by atoms with Crippen LogP contribution in [0, 0.1) is 13.8 Å². The van der Waals surface area contributed by atoms with Crippen molar-refractivity contribution < 1.29 is 9.32 Å². The second-order valence-electron chi connectivity index (χ2n) is 7.28. The number of anilines is 1. The summed E-state index contributed by atoms with van der Waals surface area (Å²) < 4.78 is 5.26. The van der Waals surface area contributed by atoms with Gasteiger partial charge in [0.2, 0.25) is 5.91 Å². The Balaban J connectivity index is 1.30. The van der Waals surface area contributed by atoms with E-state index in [9.17, 15) is 4.79 Å². The van der Waals surface area contributed by atoms with E-state index in [1.54, 1.807) is 0 Å². The van der Waals surface area contributed by atoms with E-state index in [1.165, 1.54) is 11.1 Å². The summed E-state index contributed by atoms with van der Waals surface area (Å²) in [5.41, 5.74) is 4.55. The van der Waals surface area contributed by atoms with Gasteiger partial charge in [-0.2, -0.15) is 0 Å². The lowest BCUT2D eigenvalue weighted by Crippen LogP contribution is -2.49. The van der Waals surface area contributed by atoms with Crippen molar-refractivity contribution in [2.45, 2.75) is 26.8 Å². The highest BCUT2D eigenvalue weighted by Crippen LogP contribution is 2.27. The van der Waals surface area contributed by atoms with Crippen LogP contribution in [-0.2, 0) is 17.8 Å². The number of carbonyl (C=O) groups is 1. The number of para-hydroxylation sites is 1. The van der Waals surface area contributed by atoms with Crippen LogP contribution in [0.15, 0.2) is 28.8 Å². The lowest BCUT2D eigenvalue weighted by atomic mass is 10.1. The minimum Gasteiger partial charge on any atom is -0.361 e. The molecule has 1 amide bonds. The van der Waals surface area contributed by atoms with E-state index in [2.05, 4.69) is 27.1 Å². The molecular formula is C20H26N4O2. The first kappa shape index (κ1) is 17.2. The van der Waals surface area contributed by atoms with Gasteiger partial charge in [0.25, 0.3) is 0 Å². The van der Waals surface area contributed by atoms with E-state index in [4.69, 9.17) is 4.52 Å². The maximum Gasteiger partial charge on any atom is 0.241 e. The van der Waals surface area contributed by atoms with E-state index in [1.807, 2.05) is 30.9 Å². The summed E-state index contributed by atoms with van der Waals surface area (Å²) in [7, 11) is 0. The molecule has 6 heteroatoms. The number of piperazine rings is 1. The second-order valence-corrected chi connectivity index (χ2v) is 7.28. The smallest absolute Gasteiger partial charge is 0.241 e. The largest absolute Gasteiger partial charge is 0.361 e. The zero-order valence-electron chi connectivity index (χ0n) is 15.6. The zero-order chi connectivity index (χ0) is 18.1. The highest BCUT2D eigenvalue weighted by molar-refractivity contribution is 5.96. The summed E-state index contributed by atoms with van der Waals surface area (Å²) in [6.45, 7) is 9.93. The lowest BCUT2D eigenvalue weighted by molar-refractivity contribution is -0.120. The van der Waals surface area contributed by atoms with Gasteiger partial charge in [-0.05, 0) is 31.9 Å². The van der Waals surface area contributed by atoms with Crippen molar-refractivity contribution in [1.82, 2.24) is 15.0 Å². The first-order chi connectivity index (χ1) is 12.6. The number of benzene rings is 1. The van der Waals surface area contributed by atoms with Gasteiger partial charge in [-0.25, -0.2) is 0 Å². The number of hydrogen-bond acceptors (Lipinski definition) is 5. The summed E-state index contributed by atoms with van der Waals surface area (Å²) in [5.74, 6) is 1.13. The van der Waals surface area contributed by atoms with Crippen LogP contribution in [0.4, 0.5) is 5.69 Å². The number of aromatic nitrogens is 1. The van der Waals surface area contributed by atoms with Crippen LogP contribution < -0.4 is 4.90 Å². The molecule has 1 fully saturated rings. The quantitative estimate of drug-likeness (QED) is 0.841. The van der Waals surface area contributed by atoms with Crippen LogP contribution in [0.1, 0.15) is 22.6 Å².